The van der Waals surface area contributed by atoms with Crippen molar-refractivity contribution in [2.75, 3.05) is 7.11 Å². The lowest BCUT2D eigenvalue weighted by Crippen LogP contribution is -2.21. The van der Waals surface area contributed by atoms with E-state index in [0.29, 0.717) is 28.1 Å². The van der Waals surface area contributed by atoms with Crippen LogP contribution in [0.4, 0.5) is 4.39 Å². The Morgan fingerprint density at radius 3 is 2.76 bits per heavy atom. The Kier molecular flexibility index (Phi) is 4.75. The molecule has 130 valence electrons. The van der Waals surface area contributed by atoms with E-state index in [1.54, 1.807) is 18.4 Å². The number of ketones is 1. The fourth-order valence-electron chi connectivity index (χ4n) is 2.95. The van der Waals surface area contributed by atoms with Gasteiger partial charge in [-0.25, -0.2) is 4.39 Å². The summed E-state index contributed by atoms with van der Waals surface area (Å²) in [7, 11) is 1.29. The smallest absolute Gasteiger partial charge is 0.307 e. The minimum absolute atomic E-state index is 0.0309. The molecule has 2 heterocycles. The van der Waals surface area contributed by atoms with Gasteiger partial charge in [0.1, 0.15) is 5.83 Å². The molecule has 1 aromatic rings. The first-order chi connectivity index (χ1) is 11.8. The molecule has 0 unspecified atom stereocenters. The minimum Gasteiger partial charge on any atom is -0.493 e. The first-order valence-corrected chi connectivity index (χ1v) is 8.96. The Bertz CT molecular complexity index is 923. The number of hydrogen-bond donors (Lipinski definition) is 1. The summed E-state index contributed by atoms with van der Waals surface area (Å²) >= 11 is 4.63. The lowest BCUT2D eigenvalue weighted by Gasteiger charge is -2.21. The highest BCUT2D eigenvalue weighted by molar-refractivity contribution is 9.11. The second-order valence-electron chi connectivity index (χ2n) is 5.53. The summed E-state index contributed by atoms with van der Waals surface area (Å²) in [6.45, 7) is 1.66. The molecule has 2 aliphatic rings. The van der Waals surface area contributed by atoms with Gasteiger partial charge in [0.2, 0.25) is 0 Å². The van der Waals surface area contributed by atoms with Crippen molar-refractivity contribution in [1.82, 2.24) is 0 Å². The molecule has 5 nitrogen and oxygen atoms in total. The third kappa shape index (κ3) is 3.11. The normalized spacial score (nSPS) is 17.0. The van der Waals surface area contributed by atoms with Crippen LogP contribution in [-0.4, -0.2) is 29.7 Å². The lowest BCUT2D eigenvalue weighted by molar-refractivity contribution is -0.136. The number of halogens is 2. The number of allylic oxidation sites excluding steroid dienone is 4. The van der Waals surface area contributed by atoms with Gasteiger partial charge in [0.25, 0.3) is 0 Å². The van der Waals surface area contributed by atoms with Crippen molar-refractivity contribution in [1.29, 1.82) is 0 Å². The predicted molar refractivity (Wildman–Crippen MR) is 95.5 cm³/mol. The zero-order valence-corrected chi connectivity index (χ0v) is 15.8. The molecule has 1 aliphatic heterocycles. The fourth-order valence-corrected chi connectivity index (χ4v) is 4.09. The van der Waals surface area contributed by atoms with E-state index in [1.165, 1.54) is 18.4 Å². The Balaban J connectivity index is 2.23. The van der Waals surface area contributed by atoms with E-state index in [-0.39, 0.29) is 24.2 Å². The van der Waals surface area contributed by atoms with Gasteiger partial charge in [-0.3, -0.25) is 14.6 Å². The Morgan fingerprint density at radius 1 is 1.48 bits per heavy atom. The predicted octanol–water partition coefficient (Wildman–Crippen LogP) is 4.42. The number of rotatable bonds is 5. The quantitative estimate of drug-likeness (QED) is 0.708. The molecule has 1 aliphatic carbocycles. The maximum atomic E-state index is 14.5. The zero-order chi connectivity index (χ0) is 18.3. The van der Waals surface area contributed by atoms with Gasteiger partial charge in [-0.2, -0.15) is 0 Å². The summed E-state index contributed by atoms with van der Waals surface area (Å²) < 4.78 is 20.4. The van der Waals surface area contributed by atoms with Crippen LogP contribution < -0.4 is 0 Å². The third-order valence-electron chi connectivity index (χ3n) is 3.96. The Hall–Kier alpha value is -2.06. The summed E-state index contributed by atoms with van der Waals surface area (Å²) in [4.78, 5) is 28.5. The number of Topliss-reactive ketones (excluding diaryl/α,β-unsaturated/α-hetero) is 1. The summed E-state index contributed by atoms with van der Waals surface area (Å²) in [5.41, 5.74) is 2.05. The average Bonchev–Trinajstić information content (AvgIpc) is 3.09. The summed E-state index contributed by atoms with van der Waals surface area (Å²) in [6, 6.07) is 1.64. The number of fused-ring (bicyclic) bond motifs is 1. The zero-order valence-electron chi connectivity index (χ0n) is 13.4. The van der Waals surface area contributed by atoms with E-state index < -0.39 is 17.6 Å². The van der Waals surface area contributed by atoms with Crippen LogP contribution in [0, 0.1) is 0 Å². The molecule has 0 radical (unpaired) electrons. The molecule has 0 saturated carbocycles. The number of carboxylic acid groups (broad SMARTS) is 1. The third-order valence-corrected chi connectivity index (χ3v) is 5.47. The van der Waals surface area contributed by atoms with E-state index in [4.69, 9.17) is 4.74 Å². The van der Waals surface area contributed by atoms with Gasteiger partial charge >= 0.3 is 5.97 Å². The van der Waals surface area contributed by atoms with E-state index in [2.05, 4.69) is 20.9 Å². The molecular weight excluding hydrogens is 413 g/mol. The summed E-state index contributed by atoms with van der Waals surface area (Å²) in [5.74, 6) is -2.21. The van der Waals surface area contributed by atoms with Crippen LogP contribution in [0.5, 0.6) is 0 Å². The maximum absolute atomic E-state index is 14.5. The molecule has 0 saturated heterocycles. The number of methoxy groups -OCH3 is 1. The van der Waals surface area contributed by atoms with Crippen LogP contribution in [0.25, 0.3) is 0 Å². The van der Waals surface area contributed by atoms with Crippen LogP contribution in [0.1, 0.15) is 30.1 Å². The average molecular weight is 426 g/mol. The molecule has 0 bridgehead atoms. The molecule has 0 fully saturated rings. The molecule has 3 rings (SSSR count). The topological polar surface area (TPSA) is 76.0 Å². The van der Waals surface area contributed by atoms with Gasteiger partial charge in [-0.05, 0) is 34.5 Å². The number of nitrogens with zero attached hydrogens (tertiary/aromatic N) is 1. The standard InChI is InChI=1S/C17H13BrFNO4S/c1-7-9(4-13(21)22)14-11(20-7)5-10(19)17(24-2)15(14)16(23)8-3-12(18)25-6-8/h3,6H,4-5H2,1-2H3,(H,21,22). The molecule has 0 atom stereocenters. The van der Waals surface area contributed by atoms with Gasteiger partial charge in [0.05, 0.1) is 28.6 Å². The van der Waals surface area contributed by atoms with Crippen molar-refractivity contribution in [2.24, 2.45) is 4.99 Å². The molecule has 8 heteroatoms. The van der Waals surface area contributed by atoms with E-state index in [1.807, 2.05) is 0 Å². The minimum atomic E-state index is -1.04. The lowest BCUT2D eigenvalue weighted by atomic mass is 9.85. The first kappa shape index (κ1) is 17.8. The molecule has 1 N–H and O–H groups in total. The van der Waals surface area contributed by atoms with Gasteiger partial charge in [-0.1, -0.05) is 0 Å². The number of aliphatic imine (C=N–C) groups is 1. The van der Waals surface area contributed by atoms with Gasteiger partial charge in [0.15, 0.2) is 11.5 Å². The number of carboxylic acids is 1. The highest BCUT2D eigenvalue weighted by atomic mass is 79.9. The van der Waals surface area contributed by atoms with E-state index in [0.717, 1.165) is 3.79 Å². The molecule has 25 heavy (non-hydrogen) atoms. The number of aliphatic carboxylic acids is 1. The van der Waals surface area contributed by atoms with Gasteiger partial charge in [-0.15, -0.1) is 11.3 Å². The number of thiophene rings is 1. The van der Waals surface area contributed by atoms with Gasteiger partial charge in [0, 0.05) is 28.6 Å². The molecule has 0 aromatic carbocycles. The Morgan fingerprint density at radius 2 is 2.20 bits per heavy atom. The first-order valence-electron chi connectivity index (χ1n) is 7.29. The van der Waals surface area contributed by atoms with Crippen LogP contribution >= 0.6 is 27.3 Å². The SMILES string of the molecule is COC1=C(F)CC2=NC(C)=C(CC(=O)O)C2=C1C(=O)c1csc(Br)c1. The van der Waals surface area contributed by atoms with E-state index in [9.17, 15) is 19.1 Å². The maximum Gasteiger partial charge on any atom is 0.307 e. The van der Waals surface area contributed by atoms with Crippen molar-refractivity contribution >= 4 is 44.7 Å². The molecule has 0 spiro atoms. The summed E-state index contributed by atoms with van der Waals surface area (Å²) in [6.07, 6.45) is -0.417. The molecular formula is C17H13BrFNO4S. The summed E-state index contributed by atoms with van der Waals surface area (Å²) in [5, 5.41) is 10.8. The van der Waals surface area contributed by atoms with Crippen LogP contribution in [0.3, 0.4) is 0 Å². The largest absolute Gasteiger partial charge is 0.493 e. The van der Waals surface area contributed by atoms with Crippen molar-refractivity contribution in [3.8, 4) is 0 Å². The fraction of sp³-hybridized carbons (Fsp3) is 0.235. The van der Waals surface area contributed by atoms with Crippen molar-refractivity contribution < 1.29 is 23.8 Å². The highest BCUT2D eigenvalue weighted by Gasteiger charge is 2.37. The van der Waals surface area contributed by atoms with Crippen molar-refractivity contribution in [3.63, 3.8) is 0 Å². The van der Waals surface area contributed by atoms with Crippen LogP contribution in [0.15, 0.2) is 54.2 Å². The monoisotopic (exact) mass is 425 g/mol. The Labute approximate surface area is 155 Å². The van der Waals surface area contributed by atoms with Gasteiger partial charge < -0.3 is 9.84 Å². The second kappa shape index (κ2) is 6.68. The van der Waals surface area contributed by atoms with E-state index >= 15 is 0 Å². The number of carbonyl (C=O) groups excluding carboxylic acids is 1. The van der Waals surface area contributed by atoms with Crippen LogP contribution in [0.2, 0.25) is 0 Å². The van der Waals surface area contributed by atoms with Crippen molar-refractivity contribution in [3.05, 3.63) is 54.8 Å². The van der Waals surface area contributed by atoms with Crippen LogP contribution in [-0.2, 0) is 9.53 Å². The number of hydrogen-bond acceptors (Lipinski definition) is 5. The molecule has 1 aromatic heterocycles. The number of carbonyl (C=O) groups is 2. The van der Waals surface area contributed by atoms with Crippen molar-refractivity contribution in [2.45, 2.75) is 19.8 Å². The number of ether oxygens (including phenoxy) is 1. The highest BCUT2D eigenvalue weighted by Crippen LogP contribution is 2.41. The second-order valence-corrected chi connectivity index (χ2v) is 7.82. The molecule has 0 amide bonds.